The van der Waals surface area contributed by atoms with Crippen LogP contribution in [0.15, 0.2) is 48.5 Å². The van der Waals surface area contributed by atoms with Crippen LogP contribution in [0.5, 0.6) is 0 Å². The van der Waals surface area contributed by atoms with Gasteiger partial charge in [0.25, 0.3) is 0 Å². The molecule has 2 rings (SSSR count). The van der Waals surface area contributed by atoms with Gasteiger partial charge in [-0.25, -0.2) is 9.18 Å². The van der Waals surface area contributed by atoms with Gasteiger partial charge in [0.1, 0.15) is 11.4 Å². The first kappa shape index (κ1) is 25.8. The van der Waals surface area contributed by atoms with Crippen molar-refractivity contribution >= 4 is 6.09 Å². The third-order valence-corrected chi connectivity index (χ3v) is 5.07. The minimum atomic E-state index is -0.563. The van der Waals surface area contributed by atoms with Gasteiger partial charge in [-0.05, 0) is 76.4 Å². The van der Waals surface area contributed by atoms with E-state index >= 15 is 0 Å². The van der Waals surface area contributed by atoms with Crippen LogP contribution in [0.25, 0.3) is 0 Å². The Balaban J connectivity index is 1.94. The molecule has 0 saturated heterocycles. The summed E-state index contributed by atoms with van der Waals surface area (Å²) >= 11 is 0. The van der Waals surface area contributed by atoms with Crippen LogP contribution in [0.1, 0.15) is 43.9 Å². The van der Waals surface area contributed by atoms with E-state index in [-0.39, 0.29) is 18.0 Å². The number of benzene rings is 2. The zero-order valence-electron chi connectivity index (χ0n) is 20.1. The quantitative estimate of drug-likeness (QED) is 0.575. The standard InChI is InChI=1S/C26H38FN3O2/c1-20-15-22(17-23(27)16-20)18-24(28)11-12-30(25(31)32-26(2,3)4)14-13-29(5)19-21-9-7-6-8-10-21/h6-10,15-17,24H,11-14,18-19,28H2,1-5H3. The summed E-state index contributed by atoms with van der Waals surface area (Å²) in [5, 5.41) is 0. The lowest BCUT2D eigenvalue weighted by Gasteiger charge is -2.29. The first-order chi connectivity index (χ1) is 15.0. The van der Waals surface area contributed by atoms with Crippen molar-refractivity contribution in [3.8, 4) is 0 Å². The predicted octanol–water partition coefficient (Wildman–Crippen LogP) is 4.76. The Morgan fingerprint density at radius 3 is 2.38 bits per heavy atom. The molecule has 0 saturated carbocycles. The van der Waals surface area contributed by atoms with Gasteiger partial charge in [-0.15, -0.1) is 0 Å². The van der Waals surface area contributed by atoms with Crippen molar-refractivity contribution in [2.75, 3.05) is 26.7 Å². The van der Waals surface area contributed by atoms with E-state index in [4.69, 9.17) is 10.5 Å². The minimum absolute atomic E-state index is 0.178. The summed E-state index contributed by atoms with van der Waals surface area (Å²) in [5.41, 5.74) is 8.75. The third-order valence-electron chi connectivity index (χ3n) is 5.07. The van der Waals surface area contributed by atoms with Crippen LogP contribution >= 0.6 is 0 Å². The summed E-state index contributed by atoms with van der Waals surface area (Å²) in [7, 11) is 2.04. The number of aryl methyl sites for hydroxylation is 1. The van der Waals surface area contributed by atoms with E-state index in [0.29, 0.717) is 32.5 Å². The van der Waals surface area contributed by atoms with Gasteiger partial charge in [-0.1, -0.05) is 36.4 Å². The number of hydrogen-bond acceptors (Lipinski definition) is 4. The average Bonchev–Trinajstić information content (AvgIpc) is 2.66. The molecular weight excluding hydrogens is 405 g/mol. The predicted molar refractivity (Wildman–Crippen MR) is 128 cm³/mol. The maximum atomic E-state index is 13.7. The third kappa shape index (κ3) is 9.79. The van der Waals surface area contributed by atoms with Crippen LogP contribution in [-0.2, 0) is 17.7 Å². The molecule has 6 heteroatoms. The van der Waals surface area contributed by atoms with Gasteiger partial charge in [0, 0.05) is 32.2 Å². The molecule has 2 aromatic rings. The molecule has 0 spiro atoms. The number of halogens is 1. The van der Waals surface area contributed by atoms with Crippen molar-refractivity contribution in [1.29, 1.82) is 0 Å². The van der Waals surface area contributed by atoms with E-state index in [2.05, 4.69) is 17.0 Å². The molecule has 1 amide bonds. The maximum Gasteiger partial charge on any atom is 0.410 e. The molecule has 1 atom stereocenters. The monoisotopic (exact) mass is 443 g/mol. The fraction of sp³-hybridized carbons (Fsp3) is 0.500. The van der Waals surface area contributed by atoms with Gasteiger partial charge in [0.15, 0.2) is 0 Å². The number of amides is 1. The smallest absolute Gasteiger partial charge is 0.410 e. The number of nitrogens with zero attached hydrogens (tertiary/aromatic N) is 2. The van der Waals surface area contributed by atoms with E-state index < -0.39 is 5.60 Å². The van der Waals surface area contributed by atoms with E-state index in [1.54, 1.807) is 4.90 Å². The van der Waals surface area contributed by atoms with Gasteiger partial charge < -0.3 is 20.3 Å². The highest BCUT2D eigenvalue weighted by Gasteiger charge is 2.23. The number of likely N-dealkylation sites (N-methyl/N-ethyl adjacent to an activating group) is 1. The van der Waals surface area contributed by atoms with Gasteiger partial charge >= 0.3 is 6.09 Å². The fourth-order valence-electron chi connectivity index (χ4n) is 3.54. The van der Waals surface area contributed by atoms with Gasteiger partial charge in [-0.2, -0.15) is 0 Å². The molecule has 1 unspecified atom stereocenters. The highest BCUT2D eigenvalue weighted by atomic mass is 19.1. The molecular formula is C26H38FN3O2. The number of carbonyl (C=O) groups excluding carboxylic acids is 1. The first-order valence-corrected chi connectivity index (χ1v) is 11.2. The second-order valence-electron chi connectivity index (χ2n) is 9.58. The Morgan fingerprint density at radius 1 is 1.06 bits per heavy atom. The lowest BCUT2D eigenvalue weighted by molar-refractivity contribution is 0.0230. The minimum Gasteiger partial charge on any atom is -0.444 e. The van der Waals surface area contributed by atoms with Crippen LogP contribution in [0.4, 0.5) is 9.18 Å². The second kappa shape index (κ2) is 12.0. The van der Waals surface area contributed by atoms with Crippen LogP contribution in [0.3, 0.4) is 0 Å². The summed E-state index contributed by atoms with van der Waals surface area (Å²) < 4.78 is 19.3. The summed E-state index contributed by atoms with van der Waals surface area (Å²) in [5.74, 6) is -0.246. The highest BCUT2D eigenvalue weighted by molar-refractivity contribution is 5.68. The van der Waals surface area contributed by atoms with Crippen molar-refractivity contribution < 1.29 is 13.9 Å². The van der Waals surface area contributed by atoms with E-state index in [1.807, 2.05) is 59.0 Å². The summed E-state index contributed by atoms with van der Waals surface area (Å²) in [6, 6.07) is 15.0. The number of rotatable bonds is 10. The van der Waals surface area contributed by atoms with E-state index in [0.717, 1.165) is 17.7 Å². The summed E-state index contributed by atoms with van der Waals surface area (Å²) in [6.45, 7) is 10.0. The largest absolute Gasteiger partial charge is 0.444 e. The highest BCUT2D eigenvalue weighted by Crippen LogP contribution is 2.14. The average molecular weight is 444 g/mol. The number of hydrogen-bond donors (Lipinski definition) is 1. The van der Waals surface area contributed by atoms with Gasteiger partial charge in [0.05, 0.1) is 0 Å². The molecule has 32 heavy (non-hydrogen) atoms. The molecule has 0 aliphatic carbocycles. The van der Waals surface area contributed by atoms with Crippen molar-refractivity contribution in [1.82, 2.24) is 9.80 Å². The van der Waals surface area contributed by atoms with E-state index in [1.165, 1.54) is 17.7 Å². The van der Waals surface area contributed by atoms with Gasteiger partial charge in [0.2, 0.25) is 0 Å². The van der Waals surface area contributed by atoms with Crippen molar-refractivity contribution in [3.05, 3.63) is 71.0 Å². The zero-order valence-corrected chi connectivity index (χ0v) is 20.1. The Hall–Kier alpha value is -2.44. The summed E-state index contributed by atoms with van der Waals surface area (Å²) in [6.07, 6.45) is 0.839. The number of ether oxygens (including phenoxy) is 1. The topological polar surface area (TPSA) is 58.8 Å². The van der Waals surface area contributed by atoms with E-state index in [9.17, 15) is 9.18 Å². The first-order valence-electron chi connectivity index (χ1n) is 11.2. The zero-order chi connectivity index (χ0) is 23.7. The molecule has 5 nitrogen and oxygen atoms in total. The van der Waals surface area contributed by atoms with Crippen molar-refractivity contribution in [2.24, 2.45) is 5.73 Å². The molecule has 0 radical (unpaired) electrons. The van der Waals surface area contributed by atoms with Gasteiger partial charge in [-0.3, -0.25) is 0 Å². The van der Waals surface area contributed by atoms with Crippen LogP contribution in [0, 0.1) is 12.7 Å². The Labute approximate surface area is 192 Å². The van der Waals surface area contributed by atoms with Crippen molar-refractivity contribution in [3.63, 3.8) is 0 Å². The molecule has 0 aromatic heterocycles. The summed E-state index contributed by atoms with van der Waals surface area (Å²) in [4.78, 5) is 16.7. The lowest BCUT2D eigenvalue weighted by Crippen LogP contribution is -2.42. The maximum absolute atomic E-state index is 13.7. The van der Waals surface area contributed by atoms with Crippen LogP contribution < -0.4 is 5.73 Å². The van der Waals surface area contributed by atoms with Crippen molar-refractivity contribution in [2.45, 2.75) is 58.7 Å². The molecule has 0 fully saturated rings. The molecule has 0 heterocycles. The number of carbonyl (C=O) groups is 1. The molecule has 2 aromatic carbocycles. The second-order valence-corrected chi connectivity index (χ2v) is 9.58. The molecule has 0 bridgehead atoms. The molecule has 176 valence electrons. The Morgan fingerprint density at radius 2 is 1.75 bits per heavy atom. The lowest BCUT2D eigenvalue weighted by atomic mass is 10.0. The Bertz CT molecular complexity index is 832. The van der Waals surface area contributed by atoms with Crippen LogP contribution in [-0.4, -0.2) is 54.2 Å². The fourth-order valence-corrected chi connectivity index (χ4v) is 3.54. The number of nitrogens with two attached hydrogens (primary N) is 1. The SMILES string of the molecule is Cc1cc(F)cc(CC(N)CCN(CCN(C)Cc2ccccc2)C(=O)OC(C)(C)C)c1. The molecule has 2 N–H and O–H groups in total. The molecule has 0 aliphatic rings. The normalized spacial score (nSPS) is 12.6. The van der Waals surface area contributed by atoms with Crippen LogP contribution in [0.2, 0.25) is 0 Å². The molecule has 0 aliphatic heterocycles. The Kier molecular flexibility index (Phi) is 9.66.